The van der Waals surface area contributed by atoms with Gasteiger partial charge in [0.2, 0.25) is 0 Å². The molecule has 0 fully saturated rings. The molecule has 2 aromatic heterocycles. The van der Waals surface area contributed by atoms with E-state index in [1.807, 2.05) is 0 Å². The normalized spacial score (nSPS) is 10.9. The van der Waals surface area contributed by atoms with Crippen LogP contribution in [0.15, 0.2) is 65.5 Å². The van der Waals surface area contributed by atoms with E-state index in [-0.39, 0.29) is 34.5 Å². The number of halogens is 1. The molecule has 0 unspecified atom stereocenters. The highest BCUT2D eigenvalue weighted by atomic mass is 19.1. The second kappa shape index (κ2) is 7.91. The van der Waals surface area contributed by atoms with Gasteiger partial charge in [0.05, 0.1) is 17.6 Å². The monoisotopic (exact) mass is 420 g/mol. The summed E-state index contributed by atoms with van der Waals surface area (Å²) < 4.78 is 19.9. The van der Waals surface area contributed by atoms with Gasteiger partial charge >= 0.3 is 5.97 Å². The fraction of sp³-hybridized carbons (Fsp3) is 0.0870. The summed E-state index contributed by atoms with van der Waals surface area (Å²) >= 11 is 0. The zero-order valence-electron chi connectivity index (χ0n) is 16.4. The van der Waals surface area contributed by atoms with Crippen molar-refractivity contribution in [3.63, 3.8) is 0 Å². The van der Waals surface area contributed by atoms with Crippen LogP contribution in [-0.2, 0) is 4.74 Å². The molecule has 2 heterocycles. The molecule has 0 saturated carbocycles. The van der Waals surface area contributed by atoms with E-state index in [1.165, 1.54) is 18.2 Å². The van der Waals surface area contributed by atoms with E-state index in [9.17, 15) is 23.9 Å². The molecule has 0 atom stereocenters. The minimum absolute atomic E-state index is 0.0196. The molecule has 1 amide bonds. The number of esters is 1. The van der Waals surface area contributed by atoms with Crippen LogP contribution in [0.1, 0.15) is 27.6 Å². The molecule has 0 spiro atoms. The van der Waals surface area contributed by atoms with Crippen molar-refractivity contribution in [1.29, 1.82) is 0 Å². The Kier molecular flexibility index (Phi) is 5.12. The van der Waals surface area contributed by atoms with Crippen molar-refractivity contribution in [2.75, 3.05) is 11.9 Å². The lowest BCUT2D eigenvalue weighted by Gasteiger charge is -2.04. The third kappa shape index (κ3) is 3.59. The van der Waals surface area contributed by atoms with E-state index in [0.29, 0.717) is 5.39 Å². The smallest absolute Gasteiger partial charge is 0.342 e. The average molecular weight is 420 g/mol. The number of hydrogen-bond donors (Lipinski definition) is 2. The third-order valence-electron chi connectivity index (χ3n) is 4.77. The number of aromatic hydroxyl groups is 1. The third-order valence-corrected chi connectivity index (χ3v) is 4.77. The molecule has 4 aromatic rings. The number of amides is 1. The quantitative estimate of drug-likeness (QED) is 0.491. The molecule has 0 aliphatic heterocycles. The van der Waals surface area contributed by atoms with Crippen LogP contribution >= 0.6 is 0 Å². The van der Waals surface area contributed by atoms with E-state index in [2.05, 4.69) is 5.32 Å². The van der Waals surface area contributed by atoms with Crippen LogP contribution in [0.2, 0.25) is 0 Å². The Balaban J connectivity index is 2.03. The second-order valence-electron chi connectivity index (χ2n) is 6.73. The summed E-state index contributed by atoms with van der Waals surface area (Å²) in [5, 5.41) is 13.8. The van der Waals surface area contributed by atoms with E-state index in [0.717, 1.165) is 16.5 Å². The maximum absolute atomic E-state index is 13.9. The molecule has 0 aliphatic carbocycles. The van der Waals surface area contributed by atoms with Gasteiger partial charge in [-0.15, -0.1) is 0 Å². The Morgan fingerprint density at radius 3 is 2.52 bits per heavy atom. The average Bonchev–Trinajstić information content (AvgIpc) is 3.10. The highest BCUT2D eigenvalue weighted by molar-refractivity contribution is 6.05. The lowest BCUT2D eigenvalue weighted by molar-refractivity contribution is 0.0523. The number of fused-ring (bicyclic) bond motifs is 3. The second-order valence-corrected chi connectivity index (χ2v) is 6.73. The van der Waals surface area contributed by atoms with Gasteiger partial charge in [-0.3, -0.25) is 14.0 Å². The Morgan fingerprint density at radius 2 is 1.81 bits per heavy atom. The summed E-state index contributed by atoms with van der Waals surface area (Å²) in [6, 6.07) is 14.5. The van der Waals surface area contributed by atoms with Gasteiger partial charge in [-0.25, -0.2) is 9.18 Å². The largest absolute Gasteiger partial charge is 0.505 e. The molecule has 0 bridgehead atoms. The zero-order chi connectivity index (χ0) is 22.1. The zero-order valence-corrected chi connectivity index (χ0v) is 16.4. The van der Waals surface area contributed by atoms with Crippen molar-refractivity contribution in [2.45, 2.75) is 6.92 Å². The summed E-state index contributed by atoms with van der Waals surface area (Å²) in [6.45, 7) is 1.64. The first-order valence-corrected chi connectivity index (χ1v) is 9.45. The molecule has 8 heteroatoms. The predicted octanol–water partition coefficient (Wildman–Crippen LogP) is 3.73. The maximum atomic E-state index is 13.9. The summed E-state index contributed by atoms with van der Waals surface area (Å²) in [7, 11) is 0. The minimum Gasteiger partial charge on any atom is -0.505 e. The number of nitrogens with one attached hydrogen (secondary N) is 1. The Hall–Kier alpha value is -4.20. The number of rotatable bonds is 4. The highest BCUT2D eigenvalue weighted by Crippen LogP contribution is 2.30. The van der Waals surface area contributed by atoms with Crippen molar-refractivity contribution in [3.05, 3.63) is 88.0 Å². The van der Waals surface area contributed by atoms with Crippen LogP contribution in [-0.4, -0.2) is 28.0 Å². The van der Waals surface area contributed by atoms with Gasteiger partial charge in [0.25, 0.3) is 11.5 Å². The van der Waals surface area contributed by atoms with Crippen molar-refractivity contribution < 1.29 is 23.8 Å². The molecule has 2 aromatic carbocycles. The van der Waals surface area contributed by atoms with Crippen molar-refractivity contribution in [3.8, 4) is 5.75 Å². The van der Waals surface area contributed by atoms with Gasteiger partial charge in [-0.05, 0) is 49.4 Å². The first kappa shape index (κ1) is 20.1. The fourth-order valence-corrected chi connectivity index (χ4v) is 3.34. The standard InChI is InChI=1S/C23H17FN2O5/c1-2-31-23(30)16-12-17(25-21(28)13-6-4-3-5-7-13)22(29)26-18-11-15(24)9-8-14(18)10-19(26)20(16)27/h3-12,27H,2H2,1H3,(H,25,28). The van der Waals surface area contributed by atoms with E-state index in [4.69, 9.17) is 4.74 Å². The summed E-state index contributed by atoms with van der Waals surface area (Å²) in [6.07, 6.45) is 0. The van der Waals surface area contributed by atoms with Gasteiger partial charge in [0, 0.05) is 10.9 Å². The van der Waals surface area contributed by atoms with Crippen molar-refractivity contribution in [1.82, 2.24) is 4.40 Å². The minimum atomic E-state index is -0.871. The van der Waals surface area contributed by atoms with Crippen LogP contribution in [0.5, 0.6) is 5.75 Å². The first-order chi connectivity index (χ1) is 14.9. The SMILES string of the molecule is CCOC(=O)c1cc(NC(=O)c2ccccc2)c(=O)n2c(cc3ccc(F)cc32)c1O. The Bertz CT molecular complexity index is 1400. The molecular weight excluding hydrogens is 403 g/mol. The van der Waals surface area contributed by atoms with Gasteiger partial charge in [-0.1, -0.05) is 18.2 Å². The van der Waals surface area contributed by atoms with Gasteiger partial charge in [0.1, 0.15) is 17.1 Å². The van der Waals surface area contributed by atoms with Crippen LogP contribution in [0, 0.1) is 5.82 Å². The predicted molar refractivity (Wildman–Crippen MR) is 113 cm³/mol. The number of hydrogen-bond acceptors (Lipinski definition) is 5. The Labute approximate surface area is 175 Å². The van der Waals surface area contributed by atoms with Crippen molar-refractivity contribution in [2.24, 2.45) is 0 Å². The fourth-order valence-electron chi connectivity index (χ4n) is 3.34. The topological polar surface area (TPSA) is 97.1 Å². The first-order valence-electron chi connectivity index (χ1n) is 9.45. The number of nitrogens with zero attached hydrogens (tertiary/aromatic N) is 1. The van der Waals surface area contributed by atoms with Crippen LogP contribution in [0.3, 0.4) is 0 Å². The molecule has 0 aliphatic rings. The molecule has 0 radical (unpaired) electrons. The lowest BCUT2D eigenvalue weighted by Crippen LogP contribution is -2.20. The van der Waals surface area contributed by atoms with Crippen LogP contribution in [0.25, 0.3) is 16.4 Å². The van der Waals surface area contributed by atoms with Gasteiger partial charge in [0.15, 0.2) is 5.75 Å². The number of benzene rings is 2. The van der Waals surface area contributed by atoms with Crippen LogP contribution < -0.4 is 10.9 Å². The number of carbonyl (C=O) groups is 2. The van der Waals surface area contributed by atoms with E-state index < -0.39 is 29.0 Å². The molecule has 7 nitrogen and oxygen atoms in total. The molecular formula is C23H17FN2O5. The summed E-state index contributed by atoms with van der Waals surface area (Å²) in [5.74, 6) is -2.57. The van der Waals surface area contributed by atoms with Crippen LogP contribution in [0.4, 0.5) is 10.1 Å². The highest BCUT2D eigenvalue weighted by Gasteiger charge is 2.21. The lowest BCUT2D eigenvalue weighted by atomic mass is 10.2. The number of anilines is 1. The molecule has 0 saturated heterocycles. The number of ether oxygens (including phenoxy) is 1. The maximum Gasteiger partial charge on any atom is 0.342 e. The number of aromatic nitrogens is 1. The molecule has 2 N–H and O–H groups in total. The van der Waals surface area contributed by atoms with E-state index in [1.54, 1.807) is 37.3 Å². The van der Waals surface area contributed by atoms with Crippen molar-refractivity contribution >= 4 is 34.0 Å². The Morgan fingerprint density at radius 1 is 1.06 bits per heavy atom. The number of carbonyl (C=O) groups excluding carboxylic acids is 2. The molecule has 156 valence electrons. The molecule has 4 rings (SSSR count). The van der Waals surface area contributed by atoms with Gasteiger partial charge in [-0.2, -0.15) is 0 Å². The summed E-state index contributed by atoms with van der Waals surface area (Å²) in [4.78, 5) is 38.5. The molecule has 31 heavy (non-hydrogen) atoms. The van der Waals surface area contributed by atoms with E-state index >= 15 is 0 Å². The summed E-state index contributed by atoms with van der Waals surface area (Å²) in [5.41, 5.74) is -0.879. The van der Waals surface area contributed by atoms with Gasteiger partial charge < -0.3 is 15.2 Å².